The van der Waals surface area contributed by atoms with Crippen LogP contribution in [0.1, 0.15) is 64.7 Å². The molecule has 0 radical (unpaired) electrons. The van der Waals surface area contributed by atoms with Crippen LogP contribution >= 0.6 is 9.12 Å². The van der Waals surface area contributed by atoms with E-state index in [0.717, 1.165) is 36.0 Å². The molecular formula is C23H31O4P. The fraction of sp³-hybridized carbons (Fsp3) is 0.391. The molecule has 0 amide bonds. The van der Waals surface area contributed by atoms with Crippen LogP contribution in [0.3, 0.4) is 0 Å². The Bertz CT molecular complexity index is 763. The summed E-state index contributed by atoms with van der Waals surface area (Å²) in [6, 6.07) is 13.1. The summed E-state index contributed by atoms with van der Waals surface area (Å²) in [5.41, 5.74) is 4.20. The van der Waals surface area contributed by atoms with Crippen molar-refractivity contribution in [1.29, 1.82) is 0 Å². The first-order valence-electron chi connectivity index (χ1n) is 9.58. The van der Waals surface area contributed by atoms with Gasteiger partial charge in [-0.2, -0.15) is 0 Å². The highest BCUT2D eigenvalue weighted by atomic mass is 31.0. The van der Waals surface area contributed by atoms with Crippen LogP contribution in [0, 0.1) is 20.8 Å². The van der Waals surface area contributed by atoms with Crippen LogP contribution in [-0.2, 0) is 14.1 Å². The maximum absolute atomic E-state index is 13.3. The molecule has 0 heterocycles. The monoisotopic (exact) mass is 402 g/mol. The molecule has 0 spiro atoms. The smallest absolute Gasteiger partial charge is 0.321 e. The highest BCUT2D eigenvalue weighted by molar-refractivity contribution is 7.00. The Hall–Kier alpha value is -2.19. The first kappa shape index (κ1) is 23.8. The Morgan fingerprint density at radius 1 is 0.964 bits per heavy atom. The molecule has 2 aromatic carbocycles. The number of ketones is 1. The molecule has 0 N–H and O–H groups in total. The predicted octanol–water partition coefficient (Wildman–Crippen LogP) is 5.25. The number of ether oxygens (including phenoxy) is 1. The lowest BCUT2D eigenvalue weighted by atomic mass is 9.86. The summed E-state index contributed by atoms with van der Waals surface area (Å²) >= 11 is 0. The summed E-state index contributed by atoms with van der Waals surface area (Å²) in [7, 11) is 0.611. The summed E-state index contributed by atoms with van der Waals surface area (Å²) in [6.45, 7) is 8.30. The van der Waals surface area contributed by atoms with Gasteiger partial charge in [0, 0.05) is 5.56 Å². The number of benzene rings is 2. The lowest BCUT2D eigenvalue weighted by molar-refractivity contribution is -0.144. The third-order valence-corrected chi connectivity index (χ3v) is 4.55. The molecular weight excluding hydrogens is 371 g/mol. The first-order chi connectivity index (χ1) is 13.5. The van der Waals surface area contributed by atoms with Gasteiger partial charge in [-0.3, -0.25) is 9.59 Å². The van der Waals surface area contributed by atoms with Crippen molar-refractivity contribution in [2.45, 2.75) is 52.9 Å². The van der Waals surface area contributed by atoms with Crippen molar-refractivity contribution < 1.29 is 18.9 Å². The van der Waals surface area contributed by atoms with Crippen LogP contribution in [-0.4, -0.2) is 18.4 Å². The molecule has 152 valence electrons. The maximum Gasteiger partial charge on any atom is 0.321 e. The number of esters is 1. The molecule has 4 nitrogen and oxygen atoms in total. The standard InChI is InChI=1S/C23H28O3.H3OP/c1-5-6-10-13-26-23(25)21(19-11-8-7-9-12-19)22(24)20-17(3)14-16(2)15-18(20)4;1-2/h7-9,11-12,14-15,21H,5-6,10,13H2,1-4H3;2H3. The molecule has 2 aromatic rings. The number of hydrogen-bond acceptors (Lipinski definition) is 4. The number of unbranched alkanes of at least 4 members (excludes halogenated alkanes) is 2. The van der Waals surface area contributed by atoms with Gasteiger partial charge in [0.2, 0.25) is 0 Å². The van der Waals surface area contributed by atoms with Gasteiger partial charge in [0.05, 0.1) is 15.7 Å². The lowest BCUT2D eigenvalue weighted by Gasteiger charge is -2.18. The molecule has 0 fully saturated rings. The van der Waals surface area contributed by atoms with E-state index < -0.39 is 11.9 Å². The average molecular weight is 402 g/mol. The van der Waals surface area contributed by atoms with Crippen molar-refractivity contribution in [3.63, 3.8) is 0 Å². The van der Waals surface area contributed by atoms with Crippen molar-refractivity contribution in [3.05, 3.63) is 70.3 Å². The van der Waals surface area contributed by atoms with E-state index >= 15 is 0 Å². The fourth-order valence-corrected chi connectivity index (χ4v) is 3.36. The zero-order valence-corrected chi connectivity index (χ0v) is 18.7. The highest BCUT2D eigenvalue weighted by Crippen LogP contribution is 2.27. The highest BCUT2D eigenvalue weighted by Gasteiger charge is 2.32. The molecule has 0 aliphatic carbocycles. The van der Waals surface area contributed by atoms with Crippen LogP contribution in [0.2, 0.25) is 0 Å². The Kier molecular flexibility index (Phi) is 10.5. The number of Topliss-reactive ketones (excluding diaryl/α,β-unsaturated/α-hetero) is 1. The van der Waals surface area contributed by atoms with E-state index in [2.05, 4.69) is 6.92 Å². The third-order valence-electron chi connectivity index (χ3n) is 4.55. The average Bonchev–Trinajstić information content (AvgIpc) is 2.67. The second-order valence-electron chi connectivity index (χ2n) is 6.86. The molecule has 0 bridgehead atoms. The Morgan fingerprint density at radius 3 is 2.07 bits per heavy atom. The van der Waals surface area contributed by atoms with E-state index in [1.807, 2.05) is 63.2 Å². The van der Waals surface area contributed by atoms with Gasteiger partial charge in [0.25, 0.3) is 0 Å². The molecule has 2 unspecified atom stereocenters. The van der Waals surface area contributed by atoms with Crippen molar-refractivity contribution in [2.75, 3.05) is 6.61 Å². The van der Waals surface area contributed by atoms with E-state index in [0.29, 0.717) is 26.9 Å². The number of rotatable bonds is 8. The second-order valence-corrected chi connectivity index (χ2v) is 6.86. The van der Waals surface area contributed by atoms with Crippen LogP contribution in [0.4, 0.5) is 0 Å². The number of carbonyl (C=O) groups is 2. The molecule has 2 rings (SSSR count). The summed E-state index contributed by atoms with van der Waals surface area (Å²) in [5, 5.41) is 0. The van der Waals surface area contributed by atoms with Gasteiger partial charge in [-0.1, -0.05) is 67.8 Å². The van der Waals surface area contributed by atoms with Crippen molar-refractivity contribution in [2.24, 2.45) is 0 Å². The Morgan fingerprint density at radius 2 is 1.54 bits per heavy atom. The Balaban J connectivity index is 0.00000190. The molecule has 0 aliphatic heterocycles. The van der Waals surface area contributed by atoms with Gasteiger partial charge in [-0.05, 0) is 43.9 Å². The molecule has 28 heavy (non-hydrogen) atoms. The van der Waals surface area contributed by atoms with Gasteiger partial charge >= 0.3 is 5.97 Å². The van der Waals surface area contributed by atoms with Gasteiger partial charge < -0.3 is 9.30 Å². The SMILES string of the molecule is CCCCCOC(=O)C(C(=O)c1c(C)cc(C)cc1C)c1ccccc1.O=[PH3]. The van der Waals surface area contributed by atoms with E-state index in [9.17, 15) is 9.59 Å². The van der Waals surface area contributed by atoms with Crippen molar-refractivity contribution >= 4 is 20.9 Å². The predicted molar refractivity (Wildman–Crippen MR) is 116 cm³/mol. The molecule has 0 aliphatic rings. The molecule has 5 heteroatoms. The maximum atomic E-state index is 13.3. The number of hydrogen-bond donors (Lipinski definition) is 0. The summed E-state index contributed by atoms with van der Waals surface area (Å²) in [5.74, 6) is -1.57. The topological polar surface area (TPSA) is 60.4 Å². The van der Waals surface area contributed by atoms with Crippen LogP contribution in [0.15, 0.2) is 42.5 Å². The summed E-state index contributed by atoms with van der Waals surface area (Å²) in [6.07, 6.45) is 2.88. The van der Waals surface area contributed by atoms with E-state index in [1.165, 1.54) is 0 Å². The summed E-state index contributed by atoms with van der Waals surface area (Å²) < 4.78 is 13.7. The van der Waals surface area contributed by atoms with Gasteiger partial charge in [0.15, 0.2) is 5.78 Å². The minimum atomic E-state index is -0.919. The molecule has 0 saturated heterocycles. The van der Waals surface area contributed by atoms with Crippen molar-refractivity contribution in [1.82, 2.24) is 0 Å². The van der Waals surface area contributed by atoms with Gasteiger partial charge in [-0.15, -0.1) is 0 Å². The van der Waals surface area contributed by atoms with Crippen molar-refractivity contribution in [3.8, 4) is 0 Å². The lowest BCUT2D eigenvalue weighted by Crippen LogP contribution is -2.26. The fourth-order valence-electron chi connectivity index (χ4n) is 3.36. The number of aryl methyl sites for hydroxylation is 3. The van der Waals surface area contributed by atoms with Crippen LogP contribution in [0.5, 0.6) is 0 Å². The Labute approximate surface area is 169 Å². The quantitative estimate of drug-likeness (QED) is 0.199. The second kappa shape index (κ2) is 12.3. The summed E-state index contributed by atoms with van der Waals surface area (Å²) in [4.78, 5) is 26.1. The minimum Gasteiger partial charge on any atom is -0.465 e. The third kappa shape index (κ3) is 6.45. The normalized spacial score (nSPS) is 11.3. The van der Waals surface area contributed by atoms with E-state index in [-0.39, 0.29) is 5.78 Å². The first-order valence-corrected chi connectivity index (χ1v) is 10.2. The zero-order valence-electron chi connectivity index (χ0n) is 17.3. The molecule has 0 saturated carbocycles. The van der Waals surface area contributed by atoms with E-state index in [4.69, 9.17) is 9.30 Å². The molecule has 2 atom stereocenters. The minimum absolute atomic E-state index is 0.188. The largest absolute Gasteiger partial charge is 0.465 e. The van der Waals surface area contributed by atoms with Gasteiger partial charge in [0.1, 0.15) is 5.92 Å². The van der Waals surface area contributed by atoms with E-state index in [1.54, 1.807) is 0 Å². The van der Waals surface area contributed by atoms with Crippen LogP contribution < -0.4 is 0 Å². The number of carbonyl (C=O) groups excluding carboxylic acids is 2. The zero-order chi connectivity index (χ0) is 21.1. The molecule has 0 aromatic heterocycles. The van der Waals surface area contributed by atoms with Crippen LogP contribution in [0.25, 0.3) is 0 Å². The van der Waals surface area contributed by atoms with Gasteiger partial charge in [-0.25, -0.2) is 0 Å².